The van der Waals surface area contributed by atoms with Crippen molar-refractivity contribution in [3.63, 3.8) is 0 Å². The lowest BCUT2D eigenvalue weighted by molar-refractivity contribution is -0.142. The van der Waals surface area contributed by atoms with Crippen LogP contribution in [0.5, 0.6) is 0 Å². The number of carboxylic acids is 1. The van der Waals surface area contributed by atoms with Gasteiger partial charge in [0.25, 0.3) is 0 Å². The molecule has 1 unspecified atom stereocenters. The molecule has 0 fully saturated rings. The number of carbonyl (C=O) groups excluding carboxylic acids is 1. The molecule has 0 bridgehead atoms. The highest BCUT2D eigenvalue weighted by molar-refractivity contribution is 5.87. The van der Waals surface area contributed by atoms with Crippen molar-refractivity contribution >= 4 is 11.9 Å². The molecule has 0 aromatic heterocycles. The van der Waals surface area contributed by atoms with Crippen molar-refractivity contribution in [2.24, 2.45) is 11.7 Å². The summed E-state index contributed by atoms with van der Waals surface area (Å²) in [5.74, 6) is -1.53. The van der Waals surface area contributed by atoms with E-state index in [0.717, 1.165) is 5.56 Å². The summed E-state index contributed by atoms with van der Waals surface area (Å²) in [6.07, 6.45) is 0.243. The highest BCUT2D eigenvalue weighted by Crippen LogP contribution is 2.05. The third kappa shape index (κ3) is 4.71. The van der Waals surface area contributed by atoms with Gasteiger partial charge in [-0.05, 0) is 11.5 Å². The highest BCUT2D eigenvalue weighted by Gasteiger charge is 2.24. The Morgan fingerprint density at radius 2 is 1.84 bits per heavy atom. The Kier molecular flexibility index (Phi) is 5.51. The van der Waals surface area contributed by atoms with Gasteiger partial charge in [0.1, 0.15) is 6.04 Å². The van der Waals surface area contributed by atoms with E-state index in [9.17, 15) is 9.59 Å². The monoisotopic (exact) mass is 264 g/mol. The van der Waals surface area contributed by atoms with Crippen LogP contribution in [0, 0.1) is 5.92 Å². The molecule has 1 aromatic rings. The summed E-state index contributed by atoms with van der Waals surface area (Å²) in [5.41, 5.74) is 6.55. The average molecular weight is 264 g/mol. The number of carboxylic acid groups (broad SMARTS) is 1. The van der Waals surface area contributed by atoms with Crippen LogP contribution >= 0.6 is 0 Å². The van der Waals surface area contributed by atoms with Crippen molar-refractivity contribution in [3.8, 4) is 0 Å². The second-order valence-corrected chi connectivity index (χ2v) is 4.86. The van der Waals surface area contributed by atoms with Crippen molar-refractivity contribution in [1.29, 1.82) is 0 Å². The molecule has 0 aliphatic rings. The van der Waals surface area contributed by atoms with Crippen LogP contribution in [0.1, 0.15) is 19.4 Å². The molecule has 1 aromatic carbocycles. The summed E-state index contributed by atoms with van der Waals surface area (Å²) in [5, 5.41) is 11.6. The number of carbonyl (C=O) groups is 2. The van der Waals surface area contributed by atoms with Gasteiger partial charge in [-0.2, -0.15) is 0 Å². The number of benzene rings is 1. The molecule has 0 spiro atoms. The van der Waals surface area contributed by atoms with Gasteiger partial charge in [0.15, 0.2) is 0 Å². The Morgan fingerprint density at radius 3 is 2.32 bits per heavy atom. The van der Waals surface area contributed by atoms with Gasteiger partial charge in [-0.3, -0.25) is 4.79 Å². The molecule has 0 aliphatic heterocycles. The van der Waals surface area contributed by atoms with E-state index in [4.69, 9.17) is 10.8 Å². The second-order valence-electron chi connectivity index (χ2n) is 4.86. The first-order chi connectivity index (χ1) is 8.91. The molecule has 5 nitrogen and oxygen atoms in total. The number of hydrogen-bond acceptors (Lipinski definition) is 3. The number of nitrogens with two attached hydrogens (primary N) is 1. The van der Waals surface area contributed by atoms with Crippen LogP contribution in [0.2, 0.25) is 0 Å². The molecule has 0 saturated heterocycles. The normalized spacial score (nSPS) is 13.9. The Morgan fingerprint density at radius 1 is 1.26 bits per heavy atom. The number of nitrogens with one attached hydrogen (secondary N) is 1. The SMILES string of the molecule is CC(C)[C@@H](N)C(=O)NC(Cc1ccccc1)C(=O)O. The number of amides is 1. The fourth-order valence-corrected chi connectivity index (χ4v) is 1.62. The van der Waals surface area contributed by atoms with E-state index in [-0.39, 0.29) is 12.3 Å². The van der Waals surface area contributed by atoms with Gasteiger partial charge < -0.3 is 16.2 Å². The Hall–Kier alpha value is -1.88. The van der Waals surface area contributed by atoms with Crippen LogP contribution in [0.15, 0.2) is 30.3 Å². The summed E-state index contributed by atoms with van der Waals surface area (Å²) in [4.78, 5) is 23.0. The first-order valence-electron chi connectivity index (χ1n) is 6.24. The quantitative estimate of drug-likeness (QED) is 0.708. The lowest BCUT2D eigenvalue weighted by Gasteiger charge is -2.19. The Bertz CT molecular complexity index is 432. The smallest absolute Gasteiger partial charge is 0.326 e. The maximum absolute atomic E-state index is 11.8. The van der Waals surface area contributed by atoms with E-state index in [0.29, 0.717) is 0 Å². The predicted octanol–water partition coefficient (Wildman–Crippen LogP) is 0.782. The standard InChI is InChI=1S/C14H20N2O3/c1-9(2)12(15)13(17)16-11(14(18)19)8-10-6-4-3-5-7-10/h3-7,9,11-12H,8,15H2,1-2H3,(H,16,17)(H,18,19)/t11?,12-/m1/s1. The van der Waals surface area contributed by atoms with Crippen LogP contribution in [0.25, 0.3) is 0 Å². The van der Waals surface area contributed by atoms with Gasteiger partial charge in [-0.25, -0.2) is 4.79 Å². The fraction of sp³-hybridized carbons (Fsp3) is 0.429. The molecule has 4 N–H and O–H groups in total. The third-order valence-electron chi connectivity index (χ3n) is 2.92. The molecule has 0 aliphatic carbocycles. The molecule has 1 rings (SSSR count). The van der Waals surface area contributed by atoms with E-state index in [1.165, 1.54) is 0 Å². The van der Waals surface area contributed by atoms with Crippen molar-refractivity contribution in [1.82, 2.24) is 5.32 Å². The predicted molar refractivity (Wildman–Crippen MR) is 72.5 cm³/mol. The van der Waals surface area contributed by atoms with Crippen molar-refractivity contribution in [3.05, 3.63) is 35.9 Å². The van der Waals surface area contributed by atoms with Gasteiger partial charge >= 0.3 is 5.97 Å². The summed E-state index contributed by atoms with van der Waals surface area (Å²) in [6, 6.07) is 7.50. The molecule has 0 saturated carbocycles. The fourth-order valence-electron chi connectivity index (χ4n) is 1.62. The molecule has 2 atom stereocenters. The topological polar surface area (TPSA) is 92.4 Å². The maximum atomic E-state index is 11.8. The molecule has 19 heavy (non-hydrogen) atoms. The van der Waals surface area contributed by atoms with Gasteiger partial charge in [0.05, 0.1) is 6.04 Å². The van der Waals surface area contributed by atoms with E-state index in [2.05, 4.69) is 5.32 Å². The van der Waals surface area contributed by atoms with E-state index >= 15 is 0 Å². The van der Waals surface area contributed by atoms with Crippen molar-refractivity contribution < 1.29 is 14.7 Å². The maximum Gasteiger partial charge on any atom is 0.326 e. The van der Waals surface area contributed by atoms with E-state index in [1.54, 1.807) is 0 Å². The minimum absolute atomic E-state index is 0.0360. The minimum atomic E-state index is -1.06. The zero-order valence-corrected chi connectivity index (χ0v) is 11.2. The average Bonchev–Trinajstić information content (AvgIpc) is 2.37. The minimum Gasteiger partial charge on any atom is -0.480 e. The van der Waals surface area contributed by atoms with Crippen molar-refractivity contribution in [2.45, 2.75) is 32.4 Å². The summed E-state index contributed by atoms with van der Waals surface area (Å²) in [6.45, 7) is 3.63. The Labute approximate surface area is 112 Å². The number of hydrogen-bond donors (Lipinski definition) is 3. The van der Waals surface area contributed by atoms with Crippen LogP contribution in [0.3, 0.4) is 0 Å². The Balaban J connectivity index is 2.69. The lowest BCUT2D eigenvalue weighted by atomic mass is 10.0. The molecule has 0 radical (unpaired) electrons. The highest BCUT2D eigenvalue weighted by atomic mass is 16.4. The van der Waals surface area contributed by atoms with E-state index < -0.39 is 24.0 Å². The lowest BCUT2D eigenvalue weighted by Crippen LogP contribution is -2.51. The van der Waals surface area contributed by atoms with Crippen LogP contribution < -0.4 is 11.1 Å². The number of aliphatic carboxylic acids is 1. The zero-order valence-electron chi connectivity index (χ0n) is 11.2. The van der Waals surface area contributed by atoms with Crippen LogP contribution in [0.4, 0.5) is 0 Å². The van der Waals surface area contributed by atoms with E-state index in [1.807, 2.05) is 44.2 Å². The molecule has 5 heteroatoms. The molecular formula is C14H20N2O3. The summed E-state index contributed by atoms with van der Waals surface area (Å²) >= 11 is 0. The first-order valence-corrected chi connectivity index (χ1v) is 6.24. The molecule has 104 valence electrons. The molecule has 0 heterocycles. The van der Waals surface area contributed by atoms with Gasteiger partial charge in [-0.15, -0.1) is 0 Å². The summed E-state index contributed by atoms with van der Waals surface area (Å²) < 4.78 is 0. The van der Waals surface area contributed by atoms with Gasteiger partial charge in [0, 0.05) is 6.42 Å². The van der Waals surface area contributed by atoms with Crippen LogP contribution in [-0.4, -0.2) is 29.1 Å². The third-order valence-corrected chi connectivity index (χ3v) is 2.92. The molecular weight excluding hydrogens is 244 g/mol. The van der Waals surface area contributed by atoms with Gasteiger partial charge in [-0.1, -0.05) is 44.2 Å². The second kappa shape index (κ2) is 6.89. The number of rotatable bonds is 6. The first kappa shape index (κ1) is 15.2. The van der Waals surface area contributed by atoms with Gasteiger partial charge in [0.2, 0.25) is 5.91 Å². The zero-order chi connectivity index (χ0) is 14.4. The summed E-state index contributed by atoms with van der Waals surface area (Å²) in [7, 11) is 0. The molecule has 1 amide bonds. The van der Waals surface area contributed by atoms with Crippen LogP contribution in [-0.2, 0) is 16.0 Å². The largest absolute Gasteiger partial charge is 0.480 e. The van der Waals surface area contributed by atoms with Crippen molar-refractivity contribution in [2.75, 3.05) is 0 Å².